The molecule has 2 unspecified atom stereocenters. The minimum Gasteiger partial charge on any atom is -0.376 e. The molecule has 0 N–H and O–H groups in total. The molecule has 2 saturated heterocycles. The minimum absolute atomic E-state index is 0.00548. The third-order valence-electron chi connectivity index (χ3n) is 3.85. The van der Waals surface area contributed by atoms with Crippen LogP contribution >= 0.6 is 23.2 Å². The maximum atomic E-state index is 12.3. The molecular weight excluding hydrogens is 301 g/mol. The molecule has 0 aromatic heterocycles. The zero-order valence-electron chi connectivity index (χ0n) is 11.5. The van der Waals surface area contributed by atoms with Gasteiger partial charge in [-0.1, -0.05) is 29.3 Å². The van der Waals surface area contributed by atoms with Crippen molar-refractivity contribution in [2.24, 2.45) is 0 Å². The van der Waals surface area contributed by atoms with Gasteiger partial charge in [0, 0.05) is 19.8 Å². The highest BCUT2D eigenvalue weighted by Gasteiger charge is 2.41. The lowest BCUT2D eigenvalue weighted by atomic mass is 9.98. The van der Waals surface area contributed by atoms with Crippen LogP contribution in [0.5, 0.6) is 0 Å². The Balaban J connectivity index is 2.20. The fourth-order valence-electron chi connectivity index (χ4n) is 3.01. The van der Waals surface area contributed by atoms with E-state index in [0.29, 0.717) is 6.54 Å². The second-order valence-electron chi connectivity index (χ2n) is 5.17. The summed E-state index contributed by atoms with van der Waals surface area (Å²) in [6.45, 7) is 5.58. The molecule has 2 fully saturated rings. The fraction of sp³-hybridized carbons (Fsp3) is 0.786. The van der Waals surface area contributed by atoms with E-state index in [0.717, 1.165) is 38.9 Å². The first-order chi connectivity index (χ1) is 9.65. The number of carbonyl (C=O) groups is 1. The van der Waals surface area contributed by atoms with Crippen molar-refractivity contribution in [3.05, 3.63) is 12.7 Å². The van der Waals surface area contributed by atoms with Crippen LogP contribution in [0.3, 0.4) is 0 Å². The molecule has 0 saturated carbocycles. The van der Waals surface area contributed by atoms with Crippen LogP contribution < -0.4 is 0 Å². The number of hydrogen-bond donors (Lipinski definition) is 0. The van der Waals surface area contributed by atoms with Gasteiger partial charge >= 0.3 is 0 Å². The number of ether oxygens (including phenoxy) is 2. The molecule has 114 valence electrons. The summed E-state index contributed by atoms with van der Waals surface area (Å²) < 4.78 is 11.6. The molecule has 0 radical (unpaired) electrons. The van der Waals surface area contributed by atoms with Crippen LogP contribution in [0.2, 0.25) is 0 Å². The van der Waals surface area contributed by atoms with Crippen molar-refractivity contribution in [3.63, 3.8) is 0 Å². The zero-order chi connectivity index (χ0) is 14.5. The van der Waals surface area contributed by atoms with Gasteiger partial charge in [-0.05, 0) is 25.7 Å². The Hall–Kier alpha value is -0.290. The average Bonchev–Trinajstić information content (AvgIpc) is 3.10. The molecule has 2 aliphatic heterocycles. The molecule has 2 aliphatic rings. The fourth-order valence-corrected chi connectivity index (χ4v) is 3.26. The number of halogens is 2. The lowest BCUT2D eigenvalue weighted by molar-refractivity contribution is -0.138. The summed E-state index contributed by atoms with van der Waals surface area (Å²) in [5.41, 5.74) is 0. The van der Waals surface area contributed by atoms with Gasteiger partial charge < -0.3 is 14.4 Å². The quantitative estimate of drug-likeness (QED) is 0.557. The Morgan fingerprint density at radius 3 is 2.15 bits per heavy atom. The maximum Gasteiger partial charge on any atom is 0.256 e. The molecule has 6 heteroatoms. The Morgan fingerprint density at radius 1 is 1.25 bits per heavy atom. The number of amides is 1. The Labute approximate surface area is 130 Å². The van der Waals surface area contributed by atoms with Crippen LogP contribution in [-0.2, 0) is 14.3 Å². The standard InChI is InChI=1S/C14H21Cl2NO3/c1-2-7-17(14(18)13(15)16)12(10-5-3-8-19-10)11-6-4-9-20-11/h2,10-13H,1,3-9H2. The number of nitrogens with zero attached hydrogens (tertiary/aromatic N) is 1. The highest BCUT2D eigenvalue weighted by molar-refractivity contribution is 6.53. The molecule has 2 heterocycles. The van der Waals surface area contributed by atoms with E-state index < -0.39 is 4.84 Å². The highest BCUT2D eigenvalue weighted by atomic mass is 35.5. The summed E-state index contributed by atoms with van der Waals surface area (Å²) in [6, 6.07) is -0.134. The number of alkyl halides is 2. The first-order valence-corrected chi connectivity index (χ1v) is 7.95. The first kappa shape index (κ1) is 16.1. The predicted molar refractivity (Wildman–Crippen MR) is 79.1 cm³/mol. The van der Waals surface area contributed by atoms with Crippen molar-refractivity contribution < 1.29 is 14.3 Å². The van der Waals surface area contributed by atoms with Crippen molar-refractivity contribution in [2.45, 2.75) is 48.8 Å². The normalized spacial score (nSPS) is 27.8. The molecule has 20 heavy (non-hydrogen) atoms. The molecule has 0 bridgehead atoms. The van der Waals surface area contributed by atoms with Crippen LogP contribution in [0.25, 0.3) is 0 Å². The van der Waals surface area contributed by atoms with Gasteiger partial charge in [-0.15, -0.1) is 6.58 Å². The second kappa shape index (κ2) is 7.64. The van der Waals surface area contributed by atoms with Crippen LogP contribution in [0.4, 0.5) is 0 Å². The molecule has 0 aliphatic carbocycles. The van der Waals surface area contributed by atoms with E-state index in [2.05, 4.69) is 6.58 Å². The van der Waals surface area contributed by atoms with Crippen LogP contribution in [0, 0.1) is 0 Å². The van der Waals surface area contributed by atoms with E-state index in [1.807, 2.05) is 0 Å². The van der Waals surface area contributed by atoms with Crippen LogP contribution in [-0.4, -0.2) is 53.7 Å². The van der Waals surface area contributed by atoms with Gasteiger partial charge in [0.1, 0.15) is 0 Å². The molecule has 0 aromatic rings. The molecular formula is C14H21Cl2NO3. The largest absolute Gasteiger partial charge is 0.376 e. The molecule has 1 amide bonds. The van der Waals surface area contributed by atoms with Crippen LogP contribution in [0.1, 0.15) is 25.7 Å². The van der Waals surface area contributed by atoms with E-state index in [4.69, 9.17) is 32.7 Å². The topological polar surface area (TPSA) is 38.8 Å². The first-order valence-electron chi connectivity index (χ1n) is 7.08. The smallest absolute Gasteiger partial charge is 0.256 e. The van der Waals surface area contributed by atoms with Crippen molar-refractivity contribution in [3.8, 4) is 0 Å². The van der Waals surface area contributed by atoms with Gasteiger partial charge in [0.15, 0.2) is 4.84 Å². The number of rotatable bonds is 6. The van der Waals surface area contributed by atoms with Crippen molar-refractivity contribution >= 4 is 29.1 Å². The summed E-state index contributed by atoms with van der Waals surface area (Å²) in [5, 5.41) is 0. The van der Waals surface area contributed by atoms with E-state index in [1.54, 1.807) is 11.0 Å². The van der Waals surface area contributed by atoms with Crippen molar-refractivity contribution in [1.82, 2.24) is 4.90 Å². The molecule has 2 atom stereocenters. The Kier molecular flexibility index (Phi) is 6.15. The van der Waals surface area contributed by atoms with E-state index >= 15 is 0 Å². The SMILES string of the molecule is C=CCN(C(=O)C(Cl)Cl)C(C1CCCO1)C1CCCO1. The summed E-state index contributed by atoms with van der Waals surface area (Å²) >= 11 is 11.5. The Morgan fingerprint density at radius 2 is 1.80 bits per heavy atom. The summed E-state index contributed by atoms with van der Waals surface area (Å²) in [5.74, 6) is -0.302. The average molecular weight is 322 g/mol. The monoisotopic (exact) mass is 321 g/mol. The third kappa shape index (κ3) is 3.67. The summed E-state index contributed by atoms with van der Waals surface area (Å²) in [7, 11) is 0. The van der Waals surface area contributed by atoms with Gasteiger partial charge in [-0.2, -0.15) is 0 Å². The lowest BCUT2D eigenvalue weighted by Gasteiger charge is -2.38. The summed E-state index contributed by atoms with van der Waals surface area (Å²) in [4.78, 5) is 12.9. The number of carbonyl (C=O) groups excluding carboxylic acids is 1. The van der Waals surface area contributed by atoms with Gasteiger partial charge in [0.2, 0.25) is 0 Å². The number of hydrogen-bond acceptors (Lipinski definition) is 3. The highest BCUT2D eigenvalue weighted by Crippen LogP contribution is 2.29. The molecule has 0 spiro atoms. The molecule has 2 rings (SSSR count). The van der Waals surface area contributed by atoms with Crippen molar-refractivity contribution in [2.75, 3.05) is 19.8 Å². The van der Waals surface area contributed by atoms with Gasteiger partial charge in [0.05, 0.1) is 18.2 Å². The summed E-state index contributed by atoms with van der Waals surface area (Å²) in [6.07, 6.45) is 5.56. The van der Waals surface area contributed by atoms with E-state index in [1.165, 1.54) is 0 Å². The third-order valence-corrected chi connectivity index (χ3v) is 4.22. The van der Waals surface area contributed by atoms with Gasteiger partial charge in [0.25, 0.3) is 5.91 Å². The van der Waals surface area contributed by atoms with Crippen LogP contribution in [0.15, 0.2) is 12.7 Å². The van der Waals surface area contributed by atoms with Crippen molar-refractivity contribution in [1.29, 1.82) is 0 Å². The lowest BCUT2D eigenvalue weighted by Crippen LogP contribution is -2.54. The maximum absolute atomic E-state index is 12.3. The van der Waals surface area contributed by atoms with Gasteiger partial charge in [-0.25, -0.2) is 0 Å². The van der Waals surface area contributed by atoms with E-state index in [9.17, 15) is 4.79 Å². The minimum atomic E-state index is -1.07. The van der Waals surface area contributed by atoms with Gasteiger partial charge in [-0.3, -0.25) is 4.79 Å². The zero-order valence-corrected chi connectivity index (χ0v) is 13.0. The molecule has 0 aromatic carbocycles. The predicted octanol–water partition coefficient (Wildman–Crippen LogP) is 2.53. The molecule has 4 nitrogen and oxygen atoms in total. The second-order valence-corrected chi connectivity index (χ2v) is 6.27. The Bertz CT molecular complexity index is 323. The van der Waals surface area contributed by atoms with E-state index in [-0.39, 0.29) is 24.2 Å².